The van der Waals surface area contributed by atoms with E-state index in [1.807, 2.05) is 6.92 Å². The molecule has 2 rings (SSSR count). The summed E-state index contributed by atoms with van der Waals surface area (Å²) in [5, 5.41) is 15.7. The molecule has 3 N–H and O–H groups in total. The van der Waals surface area contributed by atoms with Gasteiger partial charge in [-0.3, -0.25) is 4.79 Å². The first-order valence-electron chi connectivity index (χ1n) is 6.64. The number of amides is 1. The van der Waals surface area contributed by atoms with Crippen molar-refractivity contribution in [2.75, 3.05) is 32.2 Å². The highest BCUT2D eigenvalue weighted by molar-refractivity contribution is 5.93. The Hall–Kier alpha value is -1.79. The molecule has 1 aromatic carbocycles. The van der Waals surface area contributed by atoms with Crippen LogP contribution in [0, 0.1) is 5.92 Å². The molecule has 1 heterocycles. The number of benzene rings is 1. The van der Waals surface area contributed by atoms with E-state index in [0.717, 1.165) is 6.54 Å². The molecule has 1 aliphatic heterocycles. The van der Waals surface area contributed by atoms with Crippen LogP contribution in [-0.4, -0.2) is 43.9 Å². The molecule has 1 saturated heterocycles. The maximum absolute atomic E-state index is 12.2. The predicted molar refractivity (Wildman–Crippen MR) is 75.1 cm³/mol. The molecule has 1 amide bonds. The van der Waals surface area contributed by atoms with Crippen LogP contribution in [0.3, 0.4) is 0 Å². The number of aromatic hydroxyl groups is 1. The fourth-order valence-electron chi connectivity index (χ4n) is 2.28. The van der Waals surface area contributed by atoms with Crippen molar-refractivity contribution < 1.29 is 19.4 Å². The number of nitrogens with one attached hydrogen (secondary N) is 2. The standard InChI is InChI=1S/C14H20N2O4/c1-3-15-11-8-20-7-10(11)14(18)16-9-4-5-13(19-2)12(17)6-9/h4-6,10-11,15,17H,3,7-8H2,1-2H3,(H,16,18). The fraction of sp³-hybridized carbons (Fsp3) is 0.500. The van der Waals surface area contributed by atoms with E-state index < -0.39 is 0 Å². The van der Waals surface area contributed by atoms with E-state index in [0.29, 0.717) is 24.7 Å². The first-order valence-corrected chi connectivity index (χ1v) is 6.64. The molecule has 2 unspecified atom stereocenters. The second-order valence-electron chi connectivity index (χ2n) is 4.68. The lowest BCUT2D eigenvalue weighted by Crippen LogP contribution is -2.41. The Balaban J connectivity index is 2.02. The number of phenols is 1. The van der Waals surface area contributed by atoms with E-state index >= 15 is 0 Å². The third kappa shape index (κ3) is 3.20. The summed E-state index contributed by atoms with van der Waals surface area (Å²) in [5.41, 5.74) is 0.537. The molecule has 1 aromatic rings. The average Bonchev–Trinajstić information content (AvgIpc) is 2.88. The highest BCUT2D eigenvalue weighted by Gasteiger charge is 2.33. The molecule has 1 aliphatic rings. The monoisotopic (exact) mass is 280 g/mol. The van der Waals surface area contributed by atoms with Crippen LogP contribution in [0.1, 0.15) is 6.92 Å². The van der Waals surface area contributed by atoms with Crippen LogP contribution in [0.2, 0.25) is 0 Å². The van der Waals surface area contributed by atoms with Crippen LogP contribution in [0.5, 0.6) is 11.5 Å². The Morgan fingerprint density at radius 3 is 2.95 bits per heavy atom. The largest absolute Gasteiger partial charge is 0.504 e. The lowest BCUT2D eigenvalue weighted by molar-refractivity contribution is -0.120. The molecular formula is C14H20N2O4. The minimum atomic E-state index is -0.223. The normalized spacial score (nSPS) is 21.7. The number of phenolic OH excluding ortho intramolecular Hbond substituents is 1. The maximum Gasteiger partial charge on any atom is 0.231 e. The number of ether oxygens (including phenoxy) is 2. The smallest absolute Gasteiger partial charge is 0.231 e. The zero-order valence-corrected chi connectivity index (χ0v) is 11.7. The van der Waals surface area contributed by atoms with Crippen molar-refractivity contribution in [1.29, 1.82) is 0 Å². The first-order chi connectivity index (χ1) is 9.65. The summed E-state index contributed by atoms with van der Waals surface area (Å²) in [6, 6.07) is 4.80. The van der Waals surface area contributed by atoms with Gasteiger partial charge in [-0.2, -0.15) is 0 Å². The van der Waals surface area contributed by atoms with Crippen molar-refractivity contribution in [1.82, 2.24) is 5.32 Å². The molecule has 2 atom stereocenters. The van der Waals surface area contributed by atoms with E-state index in [2.05, 4.69) is 10.6 Å². The van der Waals surface area contributed by atoms with Crippen LogP contribution in [-0.2, 0) is 9.53 Å². The molecule has 0 radical (unpaired) electrons. The van der Waals surface area contributed by atoms with Gasteiger partial charge in [0.05, 0.1) is 26.2 Å². The fourth-order valence-corrected chi connectivity index (χ4v) is 2.28. The predicted octanol–water partition coefficient (Wildman–Crippen LogP) is 0.964. The number of methoxy groups -OCH3 is 1. The second kappa shape index (κ2) is 6.58. The quantitative estimate of drug-likeness (QED) is 0.749. The van der Waals surface area contributed by atoms with Gasteiger partial charge in [-0.1, -0.05) is 6.92 Å². The van der Waals surface area contributed by atoms with E-state index in [4.69, 9.17) is 9.47 Å². The van der Waals surface area contributed by atoms with Gasteiger partial charge >= 0.3 is 0 Å². The third-order valence-electron chi connectivity index (χ3n) is 3.33. The summed E-state index contributed by atoms with van der Waals surface area (Å²) in [6.45, 7) is 3.74. The molecule has 20 heavy (non-hydrogen) atoms. The topological polar surface area (TPSA) is 79.8 Å². The Labute approximate surface area is 118 Å². The van der Waals surface area contributed by atoms with Crippen molar-refractivity contribution in [2.45, 2.75) is 13.0 Å². The van der Waals surface area contributed by atoms with E-state index in [1.165, 1.54) is 13.2 Å². The van der Waals surface area contributed by atoms with Gasteiger partial charge in [0.1, 0.15) is 0 Å². The molecule has 0 saturated carbocycles. The number of carbonyl (C=O) groups excluding carboxylic acids is 1. The molecule has 0 aromatic heterocycles. The summed E-state index contributed by atoms with van der Waals surface area (Å²) in [5.74, 6) is 0.0335. The zero-order chi connectivity index (χ0) is 14.5. The van der Waals surface area contributed by atoms with Gasteiger partial charge in [0.15, 0.2) is 11.5 Å². The van der Waals surface area contributed by atoms with Gasteiger partial charge < -0.3 is 25.2 Å². The Bertz CT molecular complexity index is 478. The van der Waals surface area contributed by atoms with Gasteiger partial charge in [0.25, 0.3) is 0 Å². The zero-order valence-electron chi connectivity index (χ0n) is 11.7. The van der Waals surface area contributed by atoms with Gasteiger partial charge in [-0.25, -0.2) is 0 Å². The molecule has 110 valence electrons. The number of hydrogen-bond donors (Lipinski definition) is 3. The molecule has 1 fully saturated rings. The van der Waals surface area contributed by atoms with Gasteiger partial charge in [-0.05, 0) is 18.7 Å². The highest BCUT2D eigenvalue weighted by atomic mass is 16.5. The van der Waals surface area contributed by atoms with Gasteiger partial charge in [0.2, 0.25) is 5.91 Å². The number of anilines is 1. The Morgan fingerprint density at radius 2 is 2.30 bits per heavy atom. The average molecular weight is 280 g/mol. The molecular weight excluding hydrogens is 260 g/mol. The maximum atomic E-state index is 12.2. The Morgan fingerprint density at radius 1 is 1.50 bits per heavy atom. The summed E-state index contributed by atoms with van der Waals surface area (Å²) in [6.07, 6.45) is 0. The van der Waals surface area contributed by atoms with Crippen LogP contribution in [0.4, 0.5) is 5.69 Å². The van der Waals surface area contributed by atoms with Crippen molar-refractivity contribution in [3.05, 3.63) is 18.2 Å². The highest BCUT2D eigenvalue weighted by Crippen LogP contribution is 2.29. The molecule has 0 spiro atoms. The van der Waals surface area contributed by atoms with Crippen molar-refractivity contribution in [2.24, 2.45) is 5.92 Å². The second-order valence-corrected chi connectivity index (χ2v) is 4.68. The van der Waals surface area contributed by atoms with Gasteiger partial charge in [-0.15, -0.1) is 0 Å². The van der Waals surface area contributed by atoms with E-state index in [-0.39, 0.29) is 23.6 Å². The SMILES string of the molecule is CCNC1COCC1C(=O)Nc1ccc(OC)c(O)c1. The summed E-state index contributed by atoms with van der Waals surface area (Å²) >= 11 is 0. The molecule has 6 nitrogen and oxygen atoms in total. The number of likely N-dealkylation sites (N-methyl/N-ethyl adjacent to an activating group) is 1. The summed E-state index contributed by atoms with van der Waals surface area (Å²) in [4.78, 5) is 12.2. The van der Waals surface area contributed by atoms with Crippen LogP contribution in [0.15, 0.2) is 18.2 Å². The van der Waals surface area contributed by atoms with Gasteiger partial charge in [0, 0.05) is 17.8 Å². The number of hydrogen-bond acceptors (Lipinski definition) is 5. The molecule has 0 bridgehead atoms. The van der Waals surface area contributed by atoms with E-state index in [1.54, 1.807) is 12.1 Å². The van der Waals surface area contributed by atoms with Crippen LogP contribution >= 0.6 is 0 Å². The van der Waals surface area contributed by atoms with Crippen molar-refractivity contribution in [3.63, 3.8) is 0 Å². The molecule has 0 aliphatic carbocycles. The van der Waals surface area contributed by atoms with Crippen molar-refractivity contribution >= 4 is 11.6 Å². The Kier molecular flexibility index (Phi) is 4.81. The lowest BCUT2D eigenvalue weighted by atomic mass is 10.0. The minimum Gasteiger partial charge on any atom is -0.504 e. The number of carbonyl (C=O) groups is 1. The summed E-state index contributed by atoms with van der Waals surface area (Å²) in [7, 11) is 1.48. The third-order valence-corrected chi connectivity index (χ3v) is 3.33. The van der Waals surface area contributed by atoms with E-state index in [9.17, 15) is 9.90 Å². The van der Waals surface area contributed by atoms with Crippen LogP contribution in [0.25, 0.3) is 0 Å². The summed E-state index contributed by atoms with van der Waals surface area (Å²) < 4.78 is 10.3. The minimum absolute atomic E-state index is 0.00351. The number of rotatable bonds is 5. The van der Waals surface area contributed by atoms with Crippen molar-refractivity contribution in [3.8, 4) is 11.5 Å². The molecule has 6 heteroatoms. The lowest BCUT2D eigenvalue weighted by Gasteiger charge is -2.18. The van der Waals surface area contributed by atoms with Crippen LogP contribution < -0.4 is 15.4 Å². The first kappa shape index (κ1) is 14.6.